The molecule has 1 aliphatic heterocycles. The van der Waals surface area contributed by atoms with Gasteiger partial charge in [-0.1, -0.05) is 20.8 Å². The Balaban J connectivity index is 2.17. The number of carbonyl (C=O) groups is 1. The molecular formula is C17H22F3NO5S. The van der Waals surface area contributed by atoms with Crippen molar-refractivity contribution in [3.05, 3.63) is 29.8 Å². The molecule has 1 fully saturated rings. The maximum atomic E-state index is 12.6. The van der Waals surface area contributed by atoms with Crippen LogP contribution in [-0.2, 0) is 20.5 Å². The molecule has 6 nitrogen and oxygen atoms in total. The summed E-state index contributed by atoms with van der Waals surface area (Å²) < 4.78 is 67.9. The first-order valence-corrected chi connectivity index (χ1v) is 9.73. The van der Waals surface area contributed by atoms with E-state index in [4.69, 9.17) is 4.18 Å². The largest absolute Gasteiger partial charge is 0.465 e. The Hall–Kier alpha value is -1.81. The van der Waals surface area contributed by atoms with E-state index < -0.39 is 45.5 Å². The van der Waals surface area contributed by atoms with Gasteiger partial charge in [-0.3, -0.25) is 4.18 Å². The highest BCUT2D eigenvalue weighted by atomic mass is 32.2. The summed E-state index contributed by atoms with van der Waals surface area (Å²) >= 11 is 0. The summed E-state index contributed by atoms with van der Waals surface area (Å²) in [6.07, 6.45) is -6.04. The van der Waals surface area contributed by atoms with Gasteiger partial charge in [0.1, 0.15) is 0 Å². The Kier molecular flexibility index (Phi) is 5.82. The lowest BCUT2D eigenvalue weighted by molar-refractivity contribution is -0.137. The lowest BCUT2D eigenvalue weighted by Gasteiger charge is -2.44. The van der Waals surface area contributed by atoms with Gasteiger partial charge in [0.15, 0.2) is 0 Å². The van der Waals surface area contributed by atoms with Gasteiger partial charge in [0.05, 0.1) is 16.6 Å². The minimum atomic E-state index is -4.56. The average molecular weight is 409 g/mol. The minimum absolute atomic E-state index is 0.116. The van der Waals surface area contributed by atoms with E-state index >= 15 is 0 Å². The molecule has 1 aliphatic rings. The summed E-state index contributed by atoms with van der Waals surface area (Å²) in [5.41, 5.74) is -1.39. The highest BCUT2D eigenvalue weighted by Crippen LogP contribution is 2.35. The van der Waals surface area contributed by atoms with Crippen molar-refractivity contribution in [3.8, 4) is 0 Å². The zero-order valence-electron chi connectivity index (χ0n) is 15.2. The van der Waals surface area contributed by atoms with Crippen LogP contribution in [0.2, 0.25) is 0 Å². The van der Waals surface area contributed by atoms with Gasteiger partial charge < -0.3 is 10.0 Å². The van der Waals surface area contributed by atoms with E-state index in [-0.39, 0.29) is 24.3 Å². The molecule has 0 radical (unpaired) electrons. The fourth-order valence-corrected chi connectivity index (χ4v) is 4.23. The number of hydrogen-bond donors (Lipinski definition) is 1. The standard InChI is InChI=1S/C17H22F3NO5S/c1-16(2,3)14-10-12(8-9-21(14)15(22)23)26-27(24,25)13-6-4-11(5-7-13)17(18,19)20/h4-7,12,14H,8-10H2,1-3H3,(H,22,23). The zero-order valence-corrected chi connectivity index (χ0v) is 16.0. The highest BCUT2D eigenvalue weighted by molar-refractivity contribution is 7.86. The summed E-state index contributed by atoms with van der Waals surface area (Å²) in [5, 5.41) is 9.34. The molecular weight excluding hydrogens is 387 g/mol. The fourth-order valence-electron chi connectivity index (χ4n) is 3.12. The van der Waals surface area contributed by atoms with Crippen molar-refractivity contribution in [2.24, 2.45) is 5.41 Å². The molecule has 2 unspecified atom stereocenters. The number of halogens is 3. The van der Waals surface area contributed by atoms with E-state index in [0.717, 1.165) is 12.1 Å². The smallest absolute Gasteiger partial charge is 0.416 e. The van der Waals surface area contributed by atoms with Gasteiger partial charge in [0, 0.05) is 12.6 Å². The van der Waals surface area contributed by atoms with E-state index in [9.17, 15) is 31.5 Å². The lowest BCUT2D eigenvalue weighted by Crippen LogP contribution is -2.53. The van der Waals surface area contributed by atoms with Crippen LogP contribution in [0.3, 0.4) is 0 Å². The lowest BCUT2D eigenvalue weighted by atomic mass is 9.80. The van der Waals surface area contributed by atoms with Crippen molar-refractivity contribution in [1.29, 1.82) is 0 Å². The van der Waals surface area contributed by atoms with Gasteiger partial charge in [-0.15, -0.1) is 0 Å². The molecule has 27 heavy (non-hydrogen) atoms. The number of hydrogen-bond acceptors (Lipinski definition) is 4. The first kappa shape index (κ1) is 21.5. The SMILES string of the molecule is CC(C)(C)C1CC(OS(=O)(=O)c2ccc(C(F)(F)F)cc2)CCN1C(=O)O. The van der Waals surface area contributed by atoms with Crippen molar-refractivity contribution in [1.82, 2.24) is 4.90 Å². The van der Waals surface area contributed by atoms with Gasteiger partial charge >= 0.3 is 12.3 Å². The van der Waals surface area contributed by atoms with Crippen molar-refractivity contribution in [3.63, 3.8) is 0 Å². The number of alkyl halides is 3. The first-order valence-electron chi connectivity index (χ1n) is 8.32. The van der Waals surface area contributed by atoms with Crippen molar-refractivity contribution in [2.75, 3.05) is 6.54 Å². The second kappa shape index (κ2) is 7.31. The second-order valence-corrected chi connectivity index (χ2v) is 9.15. The predicted molar refractivity (Wildman–Crippen MR) is 90.7 cm³/mol. The van der Waals surface area contributed by atoms with Gasteiger partial charge in [0.2, 0.25) is 0 Å². The van der Waals surface area contributed by atoms with Gasteiger partial charge in [-0.25, -0.2) is 4.79 Å². The van der Waals surface area contributed by atoms with Crippen LogP contribution >= 0.6 is 0 Å². The van der Waals surface area contributed by atoms with Crippen LogP contribution in [0.5, 0.6) is 0 Å². The molecule has 0 aromatic heterocycles. The molecule has 1 aromatic rings. The summed E-state index contributed by atoms with van der Waals surface area (Å²) in [4.78, 5) is 12.3. The Labute approximate surface area is 156 Å². The molecule has 1 saturated heterocycles. The van der Waals surface area contributed by atoms with E-state index in [1.807, 2.05) is 20.8 Å². The summed E-state index contributed by atoms with van der Waals surface area (Å²) in [6.45, 7) is 5.66. The van der Waals surface area contributed by atoms with Crippen LogP contribution in [0, 0.1) is 5.41 Å². The molecule has 0 spiro atoms. The number of benzene rings is 1. The maximum absolute atomic E-state index is 12.6. The molecule has 1 aromatic carbocycles. The van der Waals surface area contributed by atoms with Gasteiger partial charge in [-0.2, -0.15) is 21.6 Å². The quantitative estimate of drug-likeness (QED) is 0.764. The number of carboxylic acid groups (broad SMARTS) is 1. The summed E-state index contributed by atoms with van der Waals surface area (Å²) in [5.74, 6) is 0. The molecule has 1 N–H and O–H groups in total. The van der Waals surface area contributed by atoms with E-state index in [2.05, 4.69) is 0 Å². The molecule has 10 heteroatoms. The number of piperidine rings is 1. The normalized spacial score (nSPS) is 21.9. The number of rotatable bonds is 3. The van der Waals surface area contributed by atoms with Gasteiger partial charge in [-0.05, 0) is 42.5 Å². The number of nitrogens with zero attached hydrogens (tertiary/aromatic N) is 1. The van der Waals surface area contributed by atoms with Crippen LogP contribution in [0.15, 0.2) is 29.2 Å². The average Bonchev–Trinajstić information content (AvgIpc) is 2.52. The highest BCUT2D eigenvalue weighted by Gasteiger charge is 2.40. The first-order chi connectivity index (χ1) is 12.2. The van der Waals surface area contributed by atoms with Crippen molar-refractivity contribution < 1.29 is 35.7 Å². The fraction of sp³-hybridized carbons (Fsp3) is 0.588. The molecule has 0 aliphatic carbocycles. The third-order valence-electron chi connectivity index (χ3n) is 4.53. The second-order valence-electron chi connectivity index (χ2n) is 7.58. The number of amides is 1. The van der Waals surface area contributed by atoms with E-state index in [1.54, 1.807) is 0 Å². The predicted octanol–water partition coefficient (Wildman–Crippen LogP) is 3.97. The van der Waals surface area contributed by atoms with Crippen LogP contribution in [0.25, 0.3) is 0 Å². The van der Waals surface area contributed by atoms with Gasteiger partial charge in [0.25, 0.3) is 10.1 Å². The molecule has 0 bridgehead atoms. The Bertz CT molecular complexity index is 784. The molecule has 0 saturated carbocycles. The number of likely N-dealkylation sites (tertiary alicyclic amines) is 1. The maximum Gasteiger partial charge on any atom is 0.416 e. The topological polar surface area (TPSA) is 83.9 Å². The molecule has 2 rings (SSSR count). The van der Waals surface area contributed by atoms with Crippen molar-refractivity contribution in [2.45, 2.75) is 56.8 Å². The molecule has 2 atom stereocenters. The minimum Gasteiger partial charge on any atom is -0.465 e. The molecule has 152 valence electrons. The Morgan fingerprint density at radius 1 is 1.19 bits per heavy atom. The third kappa shape index (κ3) is 5.13. The Morgan fingerprint density at radius 3 is 2.19 bits per heavy atom. The summed E-state index contributed by atoms with van der Waals surface area (Å²) in [7, 11) is -4.26. The van der Waals surface area contributed by atoms with E-state index in [1.165, 1.54) is 4.90 Å². The third-order valence-corrected chi connectivity index (χ3v) is 5.91. The van der Waals surface area contributed by atoms with Crippen LogP contribution in [0.1, 0.15) is 39.2 Å². The van der Waals surface area contributed by atoms with Crippen LogP contribution in [0.4, 0.5) is 18.0 Å². The van der Waals surface area contributed by atoms with Crippen molar-refractivity contribution >= 4 is 16.2 Å². The van der Waals surface area contributed by atoms with Crippen LogP contribution < -0.4 is 0 Å². The van der Waals surface area contributed by atoms with Crippen LogP contribution in [-0.4, -0.2) is 43.2 Å². The molecule has 1 amide bonds. The van der Waals surface area contributed by atoms with E-state index in [0.29, 0.717) is 12.1 Å². The monoisotopic (exact) mass is 409 g/mol. The molecule has 1 heterocycles. The Morgan fingerprint density at radius 2 is 1.74 bits per heavy atom. The zero-order chi connectivity index (χ0) is 20.6. The summed E-state index contributed by atoms with van der Waals surface area (Å²) in [6, 6.07) is 2.62.